The third kappa shape index (κ3) is 5.05. The van der Waals surface area contributed by atoms with Crippen molar-refractivity contribution in [3.63, 3.8) is 0 Å². The topological polar surface area (TPSA) is 65.0 Å². The van der Waals surface area contributed by atoms with Crippen LogP contribution in [0.25, 0.3) is 95.4 Å². The highest BCUT2D eigenvalue weighted by Crippen LogP contribution is 2.44. The minimum atomic E-state index is 0.227. The summed E-state index contributed by atoms with van der Waals surface area (Å²) in [6.45, 7) is 0. The zero-order valence-corrected chi connectivity index (χ0v) is 29.1. The highest BCUT2D eigenvalue weighted by atomic mass is 16.3. The van der Waals surface area contributed by atoms with Crippen LogP contribution in [0.2, 0.25) is 0 Å². The van der Waals surface area contributed by atoms with Gasteiger partial charge in [0.25, 0.3) is 0 Å². The van der Waals surface area contributed by atoms with Crippen molar-refractivity contribution in [2.45, 2.75) is 5.92 Å². The van der Waals surface area contributed by atoms with Crippen LogP contribution in [-0.4, -0.2) is 15.0 Å². The summed E-state index contributed by atoms with van der Waals surface area (Å²) >= 11 is 0. The van der Waals surface area contributed by atoms with Gasteiger partial charge in [-0.3, -0.25) is 0 Å². The van der Waals surface area contributed by atoms with E-state index in [1.54, 1.807) is 0 Å². The van der Waals surface area contributed by atoms with Gasteiger partial charge in [0.15, 0.2) is 17.5 Å². The minimum Gasteiger partial charge on any atom is -0.460 e. The molecule has 0 amide bonds. The molecule has 5 nitrogen and oxygen atoms in total. The summed E-state index contributed by atoms with van der Waals surface area (Å²) in [5, 5.41) is 3.10. The third-order valence-electron chi connectivity index (χ3n) is 10.7. The Balaban J connectivity index is 1.04. The molecular weight excluding hydrogens is 663 g/mol. The van der Waals surface area contributed by atoms with Gasteiger partial charge in [-0.2, -0.15) is 0 Å². The summed E-state index contributed by atoms with van der Waals surface area (Å²) in [7, 11) is 0. The lowest BCUT2D eigenvalue weighted by atomic mass is 9.81. The molecule has 254 valence electrons. The van der Waals surface area contributed by atoms with Crippen LogP contribution in [-0.2, 0) is 0 Å². The number of furan rings is 2. The summed E-state index contributed by atoms with van der Waals surface area (Å²) in [5.41, 5.74) is 10.8. The Kier molecular flexibility index (Phi) is 6.92. The molecule has 2 aliphatic rings. The monoisotopic (exact) mass is 693 g/mol. The van der Waals surface area contributed by atoms with Crippen LogP contribution in [0, 0.1) is 5.92 Å². The van der Waals surface area contributed by atoms with Crippen LogP contribution in [0.5, 0.6) is 0 Å². The maximum atomic E-state index is 6.59. The average Bonchev–Trinajstić information content (AvgIpc) is 3.82. The number of hydrogen-bond donors (Lipinski definition) is 0. The van der Waals surface area contributed by atoms with E-state index in [-0.39, 0.29) is 5.92 Å². The van der Waals surface area contributed by atoms with Crippen molar-refractivity contribution in [2.75, 3.05) is 0 Å². The predicted molar refractivity (Wildman–Crippen MR) is 218 cm³/mol. The Bertz CT molecular complexity index is 2990. The van der Waals surface area contributed by atoms with Crippen molar-refractivity contribution in [3.8, 4) is 56.4 Å². The zero-order chi connectivity index (χ0) is 35.6. The number of aromatic nitrogens is 3. The van der Waals surface area contributed by atoms with Gasteiger partial charge < -0.3 is 8.83 Å². The van der Waals surface area contributed by atoms with Gasteiger partial charge in [0.2, 0.25) is 0 Å². The van der Waals surface area contributed by atoms with Crippen LogP contribution >= 0.6 is 0 Å². The van der Waals surface area contributed by atoms with Gasteiger partial charge in [0.1, 0.15) is 22.5 Å². The van der Waals surface area contributed by atoms with Crippen LogP contribution in [0.3, 0.4) is 0 Å². The molecule has 0 radical (unpaired) electrons. The van der Waals surface area contributed by atoms with Crippen molar-refractivity contribution in [2.24, 2.45) is 5.92 Å². The molecule has 2 atom stereocenters. The van der Waals surface area contributed by atoms with Crippen molar-refractivity contribution < 1.29 is 8.83 Å². The fraction of sp³-hybridized carbons (Fsp3) is 0.0408. The van der Waals surface area contributed by atoms with Gasteiger partial charge in [0, 0.05) is 50.2 Å². The summed E-state index contributed by atoms with van der Waals surface area (Å²) in [4.78, 5) is 15.2. The van der Waals surface area contributed by atoms with E-state index in [2.05, 4.69) is 127 Å². The first-order valence-corrected chi connectivity index (χ1v) is 18.3. The molecular formula is C49H31N3O2. The van der Waals surface area contributed by atoms with Gasteiger partial charge in [-0.25, -0.2) is 15.0 Å². The number of fused-ring (bicyclic) bond motifs is 8. The molecule has 0 aliphatic heterocycles. The lowest BCUT2D eigenvalue weighted by Gasteiger charge is -2.23. The molecule has 3 aromatic heterocycles. The summed E-state index contributed by atoms with van der Waals surface area (Å²) < 4.78 is 13.0. The Morgan fingerprint density at radius 1 is 0.426 bits per heavy atom. The van der Waals surface area contributed by atoms with Crippen LogP contribution in [0.4, 0.5) is 0 Å². The molecule has 0 bridgehead atoms. The van der Waals surface area contributed by atoms with E-state index < -0.39 is 0 Å². The number of nitrogens with zero attached hydrogens (tertiary/aromatic N) is 3. The normalized spacial score (nSPS) is 15.9. The fourth-order valence-corrected chi connectivity index (χ4v) is 7.99. The molecule has 6 aromatic carbocycles. The highest BCUT2D eigenvalue weighted by molar-refractivity contribution is 6.13. The first-order chi connectivity index (χ1) is 26.7. The number of allylic oxidation sites excluding steroid dienone is 5. The number of hydrogen-bond acceptors (Lipinski definition) is 5. The number of rotatable bonds is 5. The molecule has 2 unspecified atom stereocenters. The average molecular weight is 694 g/mol. The highest BCUT2D eigenvalue weighted by Gasteiger charge is 2.29. The quantitative estimate of drug-likeness (QED) is 0.179. The van der Waals surface area contributed by atoms with Gasteiger partial charge in [0.05, 0.1) is 0 Å². The molecule has 9 aromatic rings. The Labute approximate surface area is 311 Å². The largest absolute Gasteiger partial charge is 0.460 e. The SMILES string of the molecule is C1=CC2C=Cc3c(oc4cc(-c5ccc6oc7cccc(-c8nc(-c9ccccc9)nc(-c9ccc(-c%10ccccc%10)cc9)n8)c7c6c5)ccc34)C2C=C1. The first-order valence-electron chi connectivity index (χ1n) is 18.3. The maximum Gasteiger partial charge on any atom is 0.164 e. The Morgan fingerprint density at radius 2 is 1.07 bits per heavy atom. The van der Waals surface area contributed by atoms with Crippen molar-refractivity contribution in [3.05, 3.63) is 181 Å². The molecule has 54 heavy (non-hydrogen) atoms. The van der Waals surface area contributed by atoms with Gasteiger partial charge in [-0.05, 0) is 52.6 Å². The van der Waals surface area contributed by atoms with E-state index in [1.807, 2.05) is 48.5 Å². The summed E-state index contributed by atoms with van der Waals surface area (Å²) in [5.74, 6) is 3.41. The van der Waals surface area contributed by atoms with Gasteiger partial charge in [-0.15, -0.1) is 0 Å². The molecule has 11 rings (SSSR count). The number of benzene rings is 6. The van der Waals surface area contributed by atoms with E-state index in [0.29, 0.717) is 23.4 Å². The van der Waals surface area contributed by atoms with Crippen LogP contribution in [0.1, 0.15) is 17.2 Å². The van der Waals surface area contributed by atoms with Crippen LogP contribution in [0.15, 0.2) is 179 Å². The molecule has 0 saturated heterocycles. The van der Waals surface area contributed by atoms with Gasteiger partial charge >= 0.3 is 0 Å². The van der Waals surface area contributed by atoms with E-state index in [9.17, 15) is 0 Å². The molecule has 0 N–H and O–H groups in total. The first kappa shape index (κ1) is 30.5. The molecule has 2 aliphatic carbocycles. The van der Waals surface area contributed by atoms with E-state index in [4.69, 9.17) is 23.8 Å². The fourth-order valence-electron chi connectivity index (χ4n) is 7.99. The zero-order valence-electron chi connectivity index (χ0n) is 29.1. The van der Waals surface area contributed by atoms with Gasteiger partial charge in [-0.1, -0.05) is 146 Å². The second kappa shape index (κ2) is 12.2. The lowest BCUT2D eigenvalue weighted by molar-refractivity contribution is 0.492. The second-order valence-electron chi connectivity index (χ2n) is 13.9. The standard InChI is InChI=1S/C49H31N3O2/c1-3-10-30(11-4-1)31-18-20-34(21-19-31)48-50-47(33-13-5-2-6-14-33)51-49(52-48)40-16-9-17-43-45(40)41-28-35(24-27-42(41)53-43)36-23-25-38-39-26-22-32-12-7-8-15-37(32)46(39)54-44(38)29-36/h1-29,32,37H. The van der Waals surface area contributed by atoms with Crippen molar-refractivity contribution in [1.82, 2.24) is 15.0 Å². The summed E-state index contributed by atoms with van der Waals surface area (Å²) in [6.07, 6.45) is 13.2. The Hall–Kier alpha value is -7.11. The van der Waals surface area contributed by atoms with Crippen molar-refractivity contribution in [1.29, 1.82) is 0 Å². The maximum absolute atomic E-state index is 6.59. The lowest BCUT2D eigenvalue weighted by Crippen LogP contribution is -2.11. The molecule has 0 fully saturated rings. The third-order valence-corrected chi connectivity index (χ3v) is 10.7. The Morgan fingerprint density at radius 3 is 1.89 bits per heavy atom. The smallest absolute Gasteiger partial charge is 0.164 e. The minimum absolute atomic E-state index is 0.227. The van der Waals surface area contributed by atoms with E-state index >= 15 is 0 Å². The molecule has 5 heteroatoms. The van der Waals surface area contributed by atoms with E-state index in [1.165, 1.54) is 5.56 Å². The summed E-state index contributed by atoms with van der Waals surface area (Å²) in [6, 6.07) is 47.9. The van der Waals surface area contributed by atoms with E-state index in [0.717, 1.165) is 77.6 Å². The van der Waals surface area contributed by atoms with Crippen molar-refractivity contribution >= 4 is 39.0 Å². The molecule has 0 saturated carbocycles. The second-order valence-corrected chi connectivity index (χ2v) is 13.9. The van der Waals surface area contributed by atoms with Crippen LogP contribution < -0.4 is 0 Å². The molecule has 0 spiro atoms. The molecule has 3 heterocycles. The predicted octanol–water partition coefficient (Wildman–Crippen LogP) is 12.7.